The Hall–Kier alpha value is -1.11. The van der Waals surface area contributed by atoms with E-state index in [1.807, 2.05) is 0 Å². The number of hydrogen-bond acceptors (Lipinski definition) is 5. The Bertz CT molecular complexity index is 467. The highest BCUT2D eigenvalue weighted by Gasteiger charge is 2.20. The van der Waals surface area contributed by atoms with E-state index in [9.17, 15) is 4.79 Å². The van der Waals surface area contributed by atoms with Crippen molar-refractivity contribution in [3.8, 4) is 0 Å². The first kappa shape index (κ1) is 14.3. The molecule has 1 aliphatic rings. The normalized spacial score (nSPS) is 17.2. The van der Waals surface area contributed by atoms with Crippen LogP contribution >= 0.6 is 11.6 Å². The minimum Gasteiger partial charge on any atom is -0.353 e. The van der Waals surface area contributed by atoms with Crippen molar-refractivity contribution in [2.75, 3.05) is 58.3 Å². The lowest BCUT2D eigenvalue weighted by Crippen LogP contribution is -2.48. The van der Waals surface area contributed by atoms with Gasteiger partial charge in [0.25, 0.3) is 5.56 Å². The number of aromatic amines is 1. The highest BCUT2D eigenvalue weighted by molar-refractivity contribution is 6.32. The lowest BCUT2D eigenvalue weighted by molar-refractivity contribution is 0.229. The van der Waals surface area contributed by atoms with Gasteiger partial charge in [-0.1, -0.05) is 11.6 Å². The summed E-state index contributed by atoms with van der Waals surface area (Å²) in [5.74, 6) is 0.595. The number of nitrogens with zero attached hydrogens (tertiary/aromatic N) is 4. The van der Waals surface area contributed by atoms with Crippen molar-refractivity contribution in [1.29, 1.82) is 0 Å². The van der Waals surface area contributed by atoms with Gasteiger partial charge in [0.2, 0.25) is 0 Å². The zero-order chi connectivity index (χ0) is 13.8. The predicted molar refractivity (Wildman–Crippen MR) is 77.1 cm³/mol. The quantitative estimate of drug-likeness (QED) is 0.851. The van der Waals surface area contributed by atoms with Crippen molar-refractivity contribution in [1.82, 2.24) is 19.8 Å². The average Bonchev–Trinajstić information content (AvgIpc) is 2.40. The number of hydrogen-bond donors (Lipinski definition) is 1. The molecule has 106 valence electrons. The van der Waals surface area contributed by atoms with Crippen molar-refractivity contribution in [2.45, 2.75) is 0 Å². The van der Waals surface area contributed by atoms with Crippen LogP contribution in [0.3, 0.4) is 0 Å². The van der Waals surface area contributed by atoms with Gasteiger partial charge in [0.05, 0.1) is 6.33 Å². The number of anilines is 1. The van der Waals surface area contributed by atoms with Crippen LogP contribution in [0.5, 0.6) is 0 Å². The maximum Gasteiger partial charge on any atom is 0.271 e. The maximum absolute atomic E-state index is 11.5. The Morgan fingerprint density at radius 3 is 2.68 bits per heavy atom. The molecule has 1 aromatic heterocycles. The molecule has 0 aliphatic carbocycles. The molecular weight excluding hydrogens is 266 g/mol. The third kappa shape index (κ3) is 3.68. The maximum atomic E-state index is 11.5. The van der Waals surface area contributed by atoms with Crippen LogP contribution < -0.4 is 10.5 Å². The Morgan fingerprint density at radius 2 is 2.05 bits per heavy atom. The van der Waals surface area contributed by atoms with Gasteiger partial charge in [-0.3, -0.25) is 9.69 Å². The second-order valence-electron chi connectivity index (χ2n) is 5.00. The Balaban J connectivity index is 1.93. The van der Waals surface area contributed by atoms with E-state index >= 15 is 0 Å². The van der Waals surface area contributed by atoms with Gasteiger partial charge in [0.15, 0.2) is 5.82 Å². The average molecular weight is 286 g/mol. The molecule has 1 N–H and O–H groups in total. The van der Waals surface area contributed by atoms with Crippen LogP contribution in [0.1, 0.15) is 0 Å². The molecule has 2 heterocycles. The first-order valence-electron chi connectivity index (χ1n) is 6.43. The van der Waals surface area contributed by atoms with Gasteiger partial charge in [-0.15, -0.1) is 0 Å². The molecule has 2 rings (SSSR count). The highest BCUT2D eigenvalue weighted by Crippen LogP contribution is 2.19. The first-order chi connectivity index (χ1) is 9.08. The largest absolute Gasteiger partial charge is 0.353 e. The molecule has 1 aromatic rings. The molecule has 1 fully saturated rings. The molecule has 1 aliphatic heterocycles. The van der Waals surface area contributed by atoms with Gasteiger partial charge < -0.3 is 14.8 Å². The molecule has 0 bridgehead atoms. The van der Waals surface area contributed by atoms with Crippen molar-refractivity contribution < 1.29 is 0 Å². The van der Waals surface area contributed by atoms with Crippen LogP contribution in [0, 0.1) is 0 Å². The second kappa shape index (κ2) is 6.36. The summed E-state index contributed by atoms with van der Waals surface area (Å²) >= 11 is 6.00. The van der Waals surface area contributed by atoms with E-state index in [4.69, 9.17) is 11.6 Å². The molecule has 0 atom stereocenters. The van der Waals surface area contributed by atoms with E-state index in [0.717, 1.165) is 39.3 Å². The topological polar surface area (TPSA) is 55.5 Å². The summed E-state index contributed by atoms with van der Waals surface area (Å²) in [6.45, 7) is 5.77. The summed E-state index contributed by atoms with van der Waals surface area (Å²) < 4.78 is 0. The molecule has 1 saturated heterocycles. The number of piperazine rings is 1. The fraction of sp³-hybridized carbons (Fsp3) is 0.667. The van der Waals surface area contributed by atoms with Crippen LogP contribution in [0.2, 0.25) is 5.02 Å². The van der Waals surface area contributed by atoms with E-state index in [0.29, 0.717) is 5.82 Å². The molecule has 7 heteroatoms. The number of nitrogens with one attached hydrogen (secondary N) is 1. The first-order valence-corrected chi connectivity index (χ1v) is 6.81. The van der Waals surface area contributed by atoms with Crippen LogP contribution in [-0.2, 0) is 0 Å². The minimum absolute atomic E-state index is 0.184. The Morgan fingerprint density at radius 1 is 1.37 bits per heavy atom. The summed E-state index contributed by atoms with van der Waals surface area (Å²) in [6, 6.07) is 0. The van der Waals surface area contributed by atoms with Gasteiger partial charge in [-0.2, -0.15) is 0 Å². The van der Waals surface area contributed by atoms with E-state index in [2.05, 4.69) is 38.8 Å². The van der Waals surface area contributed by atoms with Gasteiger partial charge in [0, 0.05) is 39.3 Å². The van der Waals surface area contributed by atoms with Crippen LogP contribution in [-0.4, -0.2) is 73.1 Å². The monoisotopic (exact) mass is 285 g/mol. The van der Waals surface area contributed by atoms with E-state index < -0.39 is 0 Å². The summed E-state index contributed by atoms with van der Waals surface area (Å²) in [7, 11) is 4.16. The van der Waals surface area contributed by atoms with Crippen LogP contribution in [0.4, 0.5) is 5.82 Å². The number of H-pyrrole nitrogens is 1. The molecule has 0 spiro atoms. The molecule has 0 radical (unpaired) electrons. The predicted octanol–water partition coefficient (Wildman–Crippen LogP) is 0.107. The van der Waals surface area contributed by atoms with Gasteiger partial charge in [-0.25, -0.2) is 4.98 Å². The summed E-state index contributed by atoms with van der Waals surface area (Å²) in [6.07, 6.45) is 1.40. The summed E-state index contributed by atoms with van der Waals surface area (Å²) in [5.41, 5.74) is -0.276. The summed E-state index contributed by atoms with van der Waals surface area (Å²) in [4.78, 5) is 24.8. The third-order valence-corrected chi connectivity index (χ3v) is 3.65. The van der Waals surface area contributed by atoms with Crippen molar-refractivity contribution in [2.24, 2.45) is 0 Å². The van der Waals surface area contributed by atoms with Crippen molar-refractivity contribution >= 4 is 17.4 Å². The van der Waals surface area contributed by atoms with E-state index in [1.54, 1.807) is 0 Å². The van der Waals surface area contributed by atoms with E-state index in [-0.39, 0.29) is 10.6 Å². The number of likely N-dealkylation sites (N-methyl/N-ethyl adjacent to an activating group) is 1. The molecule has 6 nitrogen and oxygen atoms in total. The number of aromatic nitrogens is 2. The zero-order valence-electron chi connectivity index (χ0n) is 11.4. The van der Waals surface area contributed by atoms with Crippen molar-refractivity contribution in [3.05, 3.63) is 21.7 Å². The molecule has 0 saturated carbocycles. The SMILES string of the molecule is CN(C)CCN1CCN(c2nc[nH]c(=O)c2Cl)CC1. The Labute approximate surface area is 118 Å². The highest BCUT2D eigenvalue weighted by atomic mass is 35.5. The molecule has 19 heavy (non-hydrogen) atoms. The van der Waals surface area contributed by atoms with Crippen molar-refractivity contribution in [3.63, 3.8) is 0 Å². The van der Waals surface area contributed by atoms with Gasteiger partial charge in [0.1, 0.15) is 5.02 Å². The van der Waals surface area contributed by atoms with Gasteiger partial charge >= 0.3 is 0 Å². The number of rotatable bonds is 4. The standard InChI is InChI=1S/C12H20ClN5O/c1-16(2)3-4-17-5-7-18(8-6-17)11-10(13)12(19)15-9-14-11/h9H,3-8H2,1-2H3,(H,14,15,19). The fourth-order valence-electron chi connectivity index (χ4n) is 2.12. The molecule has 0 amide bonds. The van der Waals surface area contributed by atoms with Crippen LogP contribution in [0.25, 0.3) is 0 Å². The van der Waals surface area contributed by atoms with E-state index in [1.165, 1.54) is 6.33 Å². The van der Waals surface area contributed by atoms with Gasteiger partial charge in [-0.05, 0) is 14.1 Å². The lowest BCUT2D eigenvalue weighted by Gasteiger charge is -2.35. The second-order valence-corrected chi connectivity index (χ2v) is 5.38. The lowest BCUT2D eigenvalue weighted by atomic mass is 10.3. The minimum atomic E-state index is -0.276. The number of halogens is 1. The summed E-state index contributed by atoms with van der Waals surface area (Å²) in [5, 5.41) is 0.184. The van der Waals surface area contributed by atoms with Crippen LogP contribution in [0.15, 0.2) is 11.1 Å². The fourth-order valence-corrected chi connectivity index (χ4v) is 2.34. The molecule has 0 aromatic carbocycles. The Kier molecular flexibility index (Phi) is 4.79. The zero-order valence-corrected chi connectivity index (χ0v) is 12.2. The molecular formula is C12H20ClN5O. The smallest absolute Gasteiger partial charge is 0.271 e. The molecule has 0 unspecified atom stereocenters. The third-order valence-electron chi connectivity index (χ3n) is 3.31.